The van der Waals surface area contributed by atoms with Crippen LogP contribution in [0.3, 0.4) is 0 Å². The Kier molecular flexibility index (Phi) is 4.07. The van der Waals surface area contributed by atoms with E-state index in [0.717, 1.165) is 11.3 Å². The van der Waals surface area contributed by atoms with E-state index in [0.29, 0.717) is 30.4 Å². The lowest BCUT2D eigenvalue weighted by atomic mass is 10.2. The van der Waals surface area contributed by atoms with Crippen LogP contribution in [0.25, 0.3) is 11.5 Å². The Bertz CT molecular complexity index is 835. The molecular weight excluding hydrogens is 340 g/mol. The van der Waals surface area contributed by atoms with Crippen molar-refractivity contribution in [3.05, 3.63) is 30.3 Å². The molecule has 0 bridgehead atoms. The highest BCUT2D eigenvalue weighted by Gasteiger charge is 2.37. The van der Waals surface area contributed by atoms with E-state index in [-0.39, 0.29) is 25.0 Å². The fraction of sp³-hybridized carbons (Fsp3) is 0.375. The van der Waals surface area contributed by atoms with Gasteiger partial charge >= 0.3 is 6.03 Å². The van der Waals surface area contributed by atoms with E-state index in [1.54, 1.807) is 23.2 Å². The standard InChI is InChI=1S/C16H16N6O4/c23-12-8-18-16(25)22(12)9-13(24)21-7-3-5-11(21)15-19-14(20-26-15)10-4-1-2-6-17-10/h1-2,4,6,11H,3,5,7-9H2,(H,18,25)/t11-/m0/s1. The van der Waals surface area contributed by atoms with Gasteiger partial charge in [0, 0.05) is 12.7 Å². The number of rotatable bonds is 4. The van der Waals surface area contributed by atoms with Crippen LogP contribution in [-0.2, 0) is 9.59 Å². The monoisotopic (exact) mass is 356 g/mol. The molecule has 0 saturated carbocycles. The zero-order valence-electron chi connectivity index (χ0n) is 13.8. The predicted molar refractivity (Wildman–Crippen MR) is 86.3 cm³/mol. The summed E-state index contributed by atoms with van der Waals surface area (Å²) >= 11 is 0. The second kappa shape index (κ2) is 6.54. The number of imide groups is 1. The van der Waals surface area contributed by atoms with Crippen LogP contribution in [0.4, 0.5) is 4.79 Å². The number of likely N-dealkylation sites (tertiary alicyclic amines) is 1. The van der Waals surface area contributed by atoms with Gasteiger partial charge in [0.15, 0.2) is 0 Å². The van der Waals surface area contributed by atoms with E-state index in [1.165, 1.54) is 0 Å². The Hall–Kier alpha value is -3.30. The number of hydrogen-bond donors (Lipinski definition) is 1. The summed E-state index contributed by atoms with van der Waals surface area (Å²) in [5.41, 5.74) is 0.581. The quantitative estimate of drug-likeness (QED) is 0.784. The van der Waals surface area contributed by atoms with Gasteiger partial charge in [0.05, 0.1) is 6.54 Å². The van der Waals surface area contributed by atoms with Crippen molar-refractivity contribution in [1.29, 1.82) is 0 Å². The van der Waals surface area contributed by atoms with E-state index in [4.69, 9.17) is 4.52 Å². The van der Waals surface area contributed by atoms with Crippen LogP contribution in [0.2, 0.25) is 0 Å². The lowest BCUT2D eigenvalue weighted by Crippen LogP contribution is -2.42. The Morgan fingerprint density at radius 3 is 2.96 bits per heavy atom. The second-order valence-electron chi connectivity index (χ2n) is 6.05. The minimum Gasteiger partial charge on any atom is -0.337 e. The zero-order valence-corrected chi connectivity index (χ0v) is 13.8. The zero-order chi connectivity index (χ0) is 18.1. The third-order valence-electron chi connectivity index (χ3n) is 4.42. The Labute approximate surface area is 148 Å². The molecule has 2 aromatic heterocycles. The van der Waals surface area contributed by atoms with Crippen molar-refractivity contribution in [3.8, 4) is 11.5 Å². The first-order valence-electron chi connectivity index (χ1n) is 8.26. The van der Waals surface area contributed by atoms with Crippen molar-refractivity contribution in [2.75, 3.05) is 19.6 Å². The summed E-state index contributed by atoms with van der Waals surface area (Å²) < 4.78 is 5.34. The van der Waals surface area contributed by atoms with E-state index in [9.17, 15) is 14.4 Å². The second-order valence-corrected chi connectivity index (χ2v) is 6.05. The summed E-state index contributed by atoms with van der Waals surface area (Å²) in [4.78, 5) is 46.9. The molecule has 2 fully saturated rings. The van der Waals surface area contributed by atoms with Gasteiger partial charge in [-0.25, -0.2) is 4.79 Å². The molecule has 2 aliphatic heterocycles. The number of carbonyl (C=O) groups excluding carboxylic acids is 3. The summed E-state index contributed by atoms with van der Waals surface area (Å²) in [5.74, 6) is -0.0486. The van der Waals surface area contributed by atoms with Crippen molar-refractivity contribution >= 4 is 17.8 Å². The van der Waals surface area contributed by atoms with Crippen LogP contribution in [0, 0.1) is 0 Å². The van der Waals surface area contributed by atoms with Gasteiger partial charge < -0.3 is 14.7 Å². The molecule has 134 valence electrons. The molecule has 10 nitrogen and oxygen atoms in total. The molecule has 2 aromatic rings. The SMILES string of the molecule is O=C1CNC(=O)N1CC(=O)N1CCC[C@H]1c1nc(-c2ccccn2)no1. The highest BCUT2D eigenvalue weighted by atomic mass is 16.5. The van der Waals surface area contributed by atoms with Gasteiger partial charge in [0.25, 0.3) is 5.91 Å². The number of carbonyl (C=O) groups is 3. The fourth-order valence-electron chi connectivity index (χ4n) is 3.13. The summed E-state index contributed by atoms with van der Waals surface area (Å²) in [7, 11) is 0. The summed E-state index contributed by atoms with van der Waals surface area (Å²) in [5, 5.41) is 6.34. The summed E-state index contributed by atoms with van der Waals surface area (Å²) in [6.45, 7) is 0.142. The average molecular weight is 356 g/mol. The number of aromatic nitrogens is 3. The van der Waals surface area contributed by atoms with Crippen molar-refractivity contribution in [2.24, 2.45) is 0 Å². The molecule has 0 spiro atoms. The molecule has 4 heterocycles. The molecular formula is C16H16N6O4. The number of hydrogen-bond acceptors (Lipinski definition) is 7. The van der Waals surface area contributed by atoms with Gasteiger partial charge in [-0.1, -0.05) is 11.2 Å². The van der Waals surface area contributed by atoms with Crippen LogP contribution < -0.4 is 5.32 Å². The van der Waals surface area contributed by atoms with E-state index in [2.05, 4.69) is 20.4 Å². The molecule has 1 N–H and O–H groups in total. The first kappa shape index (κ1) is 16.2. The first-order chi connectivity index (χ1) is 12.6. The first-order valence-corrected chi connectivity index (χ1v) is 8.26. The maximum atomic E-state index is 12.6. The van der Waals surface area contributed by atoms with Crippen molar-refractivity contribution in [3.63, 3.8) is 0 Å². The lowest BCUT2D eigenvalue weighted by Gasteiger charge is -2.23. The summed E-state index contributed by atoms with van der Waals surface area (Å²) in [6, 6.07) is 4.46. The number of amides is 4. The molecule has 26 heavy (non-hydrogen) atoms. The van der Waals surface area contributed by atoms with Gasteiger partial charge in [-0.2, -0.15) is 4.98 Å². The Morgan fingerprint density at radius 1 is 1.35 bits per heavy atom. The predicted octanol–water partition coefficient (Wildman–Crippen LogP) is 0.347. The van der Waals surface area contributed by atoms with Gasteiger partial charge in [-0.05, 0) is 25.0 Å². The van der Waals surface area contributed by atoms with E-state index < -0.39 is 11.9 Å². The fourth-order valence-corrected chi connectivity index (χ4v) is 3.13. The molecule has 0 radical (unpaired) electrons. The number of nitrogens with zero attached hydrogens (tertiary/aromatic N) is 5. The lowest BCUT2D eigenvalue weighted by molar-refractivity contribution is -0.137. The van der Waals surface area contributed by atoms with Crippen LogP contribution in [0.1, 0.15) is 24.8 Å². The number of pyridine rings is 1. The van der Waals surface area contributed by atoms with E-state index in [1.807, 2.05) is 6.07 Å². The van der Waals surface area contributed by atoms with Crippen molar-refractivity contribution in [1.82, 2.24) is 30.2 Å². The number of nitrogens with one attached hydrogen (secondary N) is 1. The minimum atomic E-state index is -0.547. The molecule has 2 saturated heterocycles. The highest BCUT2D eigenvalue weighted by molar-refractivity contribution is 6.04. The van der Waals surface area contributed by atoms with Crippen molar-refractivity contribution < 1.29 is 18.9 Å². The van der Waals surface area contributed by atoms with Crippen LogP contribution >= 0.6 is 0 Å². The van der Waals surface area contributed by atoms with Gasteiger partial charge in [-0.3, -0.25) is 19.5 Å². The third kappa shape index (κ3) is 2.89. The molecule has 4 amide bonds. The molecule has 4 rings (SSSR count). The normalized spacial score (nSPS) is 19.9. The van der Waals surface area contributed by atoms with Gasteiger partial charge in [0.2, 0.25) is 17.6 Å². The van der Waals surface area contributed by atoms with Crippen molar-refractivity contribution in [2.45, 2.75) is 18.9 Å². The topological polar surface area (TPSA) is 122 Å². The van der Waals surface area contributed by atoms with Gasteiger partial charge in [-0.15, -0.1) is 0 Å². The Morgan fingerprint density at radius 2 is 2.23 bits per heavy atom. The summed E-state index contributed by atoms with van der Waals surface area (Å²) in [6.07, 6.45) is 3.09. The molecule has 2 aliphatic rings. The molecule has 0 unspecified atom stereocenters. The van der Waals surface area contributed by atoms with Gasteiger partial charge in [0.1, 0.15) is 18.3 Å². The Balaban J connectivity index is 1.50. The molecule has 10 heteroatoms. The van der Waals surface area contributed by atoms with E-state index >= 15 is 0 Å². The van der Waals surface area contributed by atoms with Crippen LogP contribution in [-0.4, -0.2) is 62.4 Å². The molecule has 1 atom stereocenters. The third-order valence-corrected chi connectivity index (χ3v) is 4.42. The maximum absolute atomic E-state index is 12.6. The highest BCUT2D eigenvalue weighted by Crippen LogP contribution is 2.32. The maximum Gasteiger partial charge on any atom is 0.325 e. The average Bonchev–Trinajstić information content (AvgIpc) is 3.38. The molecule has 0 aromatic carbocycles. The van der Waals surface area contributed by atoms with Crippen LogP contribution in [0.15, 0.2) is 28.9 Å². The number of urea groups is 1. The van der Waals surface area contributed by atoms with Crippen LogP contribution in [0.5, 0.6) is 0 Å². The largest absolute Gasteiger partial charge is 0.337 e. The molecule has 0 aliphatic carbocycles. The smallest absolute Gasteiger partial charge is 0.325 e. The minimum absolute atomic E-state index is 0.0767.